The molecule has 0 aromatic heterocycles. The summed E-state index contributed by atoms with van der Waals surface area (Å²) < 4.78 is 5.39. The van der Waals surface area contributed by atoms with Crippen LogP contribution in [0.15, 0.2) is 101 Å². The number of rotatable bonds is 6. The zero-order valence-electron chi connectivity index (χ0n) is 18.3. The number of hydrogen-bond donors (Lipinski definition) is 0. The molecule has 0 amide bonds. The number of allylic oxidation sites excluding steroid dienone is 3. The third-order valence-corrected chi connectivity index (χ3v) is 25.4. The summed E-state index contributed by atoms with van der Waals surface area (Å²) in [7, 11) is 0. The van der Waals surface area contributed by atoms with E-state index in [1.54, 1.807) is 3.32 Å². The second kappa shape index (κ2) is 11.0. The fourth-order valence-electron chi connectivity index (χ4n) is 5.36. The van der Waals surface area contributed by atoms with Crippen molar-refractivity contribution in [1.29, 1.82) is 0 Å². The average molecular weight is 626 g/mol. The van der Waals surface area contributed by atoms with E-state index in [2.05, 4.69) is 120 Å². The van der Waals surface area contributed by atoms with Crippen LogP contribution in [0, 0.1) is 0 Å². The Balaban J connectivity index is 0.00000144. The van der Waals surface area contributed by atoms with Crippen molar-refractivity contribution in [3.8, 4) is 0 Å². The molecule has 32 heavy (non-hydrogen) atoms. The van der Waals surface area contributed by atoms with Gasteiger partial charge in [-0.25, -0.2) is 0 Å². The largest absolute Gasteiger partial charge is 1.00 e. The van der Waals surface area contributed by atoms with Gasteiger partial charge in [-0.1, -0.05) is 0 Å². The van der Waals surface area contributed by atoms with E-state index in [0.717, 1.165) is 6.42 Å². The van der Waals surface area contributed by atoms with Crippen LogP contribution < -0.4 is 28.1 Å². The molecule has 2 aliphatic rings. The van der Waals surface area contributed by atoms with Gasteiger partial charge in [0.15, 0.2) is 0 Å². The SMILES string of the molecule is CCCC=[CH][Hf+2]([c]1ccccc1)([CH]1C=Cc2ccccc21)[CH]1C=Cc2ccccc21.[Cl-].[Cl-]. The number of benzene rings is 3. The first-order valence-electron chi connectivity index (χ1n) is 11.1. The van der Waals surface area contributed by atoms with Crippen LogP contribution in [0.3, 0.4) is 0 Å². The van der Waals surface area contributed by atoms with E-state index in [1.807, 2.05) is 0 Å². The molecule has 0 spiro atoms. The summed E-state index contributed by atoms with van der Waals surface area (Å²) in [4.78, 5) is 0. The predicted octanol–water partition coefficient (Wildman–Crippen LogP) is 1.32. The van der Waals surface area contributed by atoms with Gasteiger partial charge in [0.25, 0.3) is 0 Å². The van der Waals surface area contributed by atoms with Crippen molar-refractivity contribution in [1.82, 2.24) is 0 Å². The first-order chi connectivity index (χ1) is 14.8. The van der Waals surface area contributed by atoms with Crippen molar-refractivity contribution in [2.45, 2.75) is 27.1 Å². The van der Waals surface area contributed by atoms with Crippen molar-refractivity contribution in [2.75, 3.05) is 0 Å². The predicted molar refractivity (Wildman–Crippen MR) is 127 cm³/mol. The monoisotopic (exact) mass is 626 g/mol. The van der Waals surface area contributed by atoms with Gasteiger partial charge in [-0.3, -0.25) is 0 Å². The maximum absolute atomic E-state index is 3.42. The smallest absolute Gasteiger partial charge is 1.00 e. The minimum atomic E-state index is -3.42. The summed E-state index contributed by atoms with van der Waals surface area (Å²) in [5.41, 5.74) is 5.87. The number of hydrogen-bond acceptors (Lipinski definition) is 0. The number of halogens is 2. The topological polar surface area (TPSA) is 0 Å². The molecular formula is C29H28Cl2Hf. The molecule has 0 aliphatic heterocycles. The molecule has 2 unspecified atom stereocenters. The van der Waals surface area contributed by atoms with E-state index in [1.165, 1.54) is 28.7 Å². The molecule has 162 valence electrons. The van der Waals surface area contributed by atoms with E-state index >= 15 is 0 Å². The van der Waals surface area contributed by atoms with Gasteiger partial charge < -0.3 is 24.8 Å². The Kier molecular flexibility index (Phi) is 8.56. The maximum atomic E-state index is 2.75. The van der Waals surface area contributed by atoms with Gasteiger partial charge in [0.1, 0.15) is 0 Å². The summed E-state index contributed by atoms with van der Waals surface area (Å²) in [5.74, 6) is 0. The summed E-state index contributed by atoms with van der Waals surface area (Å²) in [6, 6.07) is 29.6. The molecule has 0 radical (unpaired) electrons. The zero-order chi connectivity index (χ0) is 20.4. The molecule has 3 aromatic carbocycles. The van der Waals surface area contributed by atoms with Crippen LogP contribution in [0.1, 0.15) is 49.4 Å². The molecule has 2 atom stereocenters. The molecule has 2 aliphatic carbocycles. The van der Waals surface area contributed by atoms with E-state index in [-0.39, 0.29) is 24.8 Å². The van der Waals surface area contributed by atoms with Crippen LogP contribution in [0.2, 0.25) is 0 Å². The van der Waals surface area contributed by atoms with Crippen LogP contribution in [0.5, 0.6) is 0 Å². The van der Waals surface area contributed by atoms with Crippen LogP contribution in [-0.2, 0) is 20.0 Å². The Morgan fingerprint density at radius 1 is 0.688 bits per heavy atom. The van der Waals surface area contributed by atoms with Gasteiger partial charge in [0.2, 0.25) is 0 Å². The summed E-state index contributed by atoms with van der Waals surface area (Å²) in [6.07, 6.45) is 14.7. The van der Waals surface area contributed by atoms with Crippen molar-refractivity contribution in [3.05, 3.63) is 123 Å². The first kappa shape index (κ1) is 25.0. The molecule has 0 N–H and O–H groups in total. The minimum absolute atomic E-state index is 0. The van der Waals surface area contributed by atoms with E-state index in [9.17, 15) is 0 Å². The van der Waals surface area contributed by atoms with Gasteiger partial charge in [-0.2, -0.15) is 0 Å². The van der Waals surface area contributed by atoms with Gasteiger partial charge >= 0.3 is 186 Å². The Labute approximate surface area is 209 Å². The van der Waals surface area contributed by atoms with Crippen LogP contribution in [-0.4, -0.2) is 0 Å². The standard InChI is InChI=1S/2C9H7.C6H5.C5H9.2ClH.Hf/c2*1-2-5-9-7-3-6-8(9)4-1;1-2-4-6-5-3-1;1-3-5-4-2;;;/h2*1-7H;1-5H;1,3H,4-5H2,2H3;2*1H;/q;;;;;;+2/p-2. The second-order valence-electron chi connectivity index (χ2n) is 8.42. The first-order valence-corrected chi connectivity index (χ1v) is 19.1. The molecule has 0 saturated heterocycles. The molecule has 0 bridgehead atoms. The summed E-state index contributed by atoms with van der Waals surface area (Å²) >= 11 is -3.42. The molecule has 0 heterocycles. The molecule has 3 heteroatoms. The Morgan fingerprint density at radius 2 is 1.19 bits per heavy atom. The van der Waals surface area contributed by atoms with Crippen molar-refractivity contribution < 1.29 is 44.8 Å². The fourth-order valence-corrected chi connectivity index (χ4v) is 24.8. The number of fused-ring (bicyclic) bond motifs is 2. The summed E-state index contributed by atoms with van der Waals surface area (Å²) in [6.45, 7) is 2.28. The Hall–Kier alpha value is -1.67. The van der Waals surface area contributed by atoms with Crippen molar-refractivity contribution in [2.24, 2.45) is 0 Å². The maximum Gasteiger partial charge on any atom is -1.00 e. The molecule has 5 rings (SSSR count). The van der Waals surface area contributed by atoms with Crippen LogP contribution in [0.25, 0.3) is 12.2 Å². The van der Waals surface area contributed by atoms with Crippen LogP contribution in [0.4, 0.5) is 0 Å². The van der Waals surface area contributed by atoms with Gasteiger partial charge in [-0.15, -0.1) is 0 Å². The van der Waals surface area contributed by atoms with E-state index in [4.69, 9.17) is 0 Å². The van der Waals surface area contributed by atoms with E-state index in [0.29, 0.717) is 7.35 Å². The van der Waals surface area contributed by atoms with E-state index < -0.39 is 20.0 Å². The van der Waals surface area contributed by atoms with Crippen molar-refractivity contribution >= 4 is 15.5 Å². The second-order valence-corrected chi connectivity index (χ2v) is 22.9. The molecule has 0 saturated carbocycles. The van der Waals surface area contributed by atoms with Gasteiger partial charge in [-0.05, 0) is 0 Å². The zero-order valence-corrected chi connectivity index (χ0v) is 23.4. The molecule has 0 fully saturated rings. The molecule has 0 nitrogen and oxygen atoms in total. The quantitative estimate of drug-likeness (QED) is 0.363. The average Bonchev–Trinajstić information content (AvgIpc) is 3.43. The van der Waals surface area contributed by atoms with Crippen molar-refractivity contribution in [3.63, 3.8) is 0 Å². The van der Waals surface area contributed by atoms with Crippen LogP contribution >= 0.6 is 0 Å². The van der Waals surface area contributed by atoms with Gasteiger partial charge in [0.05, 0.1) is 0 Å². The summed E-state index contributed by atoms with van der Waals surface area (Å²) in [5, 5.41) is 0. The molecular weight excluding hydrogens is 598 g/mol. The Bertz CT molecular complexity index is 1070. The third-order valence-electron chi connectivity index (χ3n) is 6.75. The number of unbranched alkanes of at least 4 members (excludes halogenated alkanes) is 1. The third kappa shape index (κ3) is 4.28. The minimum Gasteiger partial charge on any atom is -1.00 e. The fraction of sp³-hybridized carbons (Fsp3) is 0.172. The normalized spacial score (nSPS) is 18.7. The Morgan fingerprint density at radius 3 is 1.72 bits per heavy atom. The molecule has 3 aromatic rings. The van der Waals surface area contributed by atoms with Gasteiger partial charge in [0, 0.05) is 0 Å².